The predicted octanol–water partition coefficient (Wildman–Crippen LogP) is 1.21. The van der Waals surface area contributed by atoms with E-state index < -0.39 is 11.4 Å². The van der Waals surface area contributed by atoms with Gasteiger partial charge in [0.1, 0.15) is 5.82 Å². The van der Waals surface area contributed by atoms with E-state index in [-0.39, 0.29) is 0 Å². The molecule has 0 radical (unpaired) electrons. The Hall–Kier alpha value is -1.93. The van der Waals surface area contributed by atoms with Gasteiger partial charge < -0.3 is 24.5 Å². The van der Waals surface area contributed by atoms with Gasteiger partial charge in [-0.3, -0.25) is 4.79 Å². The van der Waals surface area contributed by atoms with Crippen LogP contribution in [-0.2, 0) is 14.9 Å². The minimum Gasteiger partial charge on any atom is -0.481 e. The zero-order valence-corrected chi connectivity index (χ0v) is 16.6. The molecule has 27 heavy (non-hydrogen) atoms. The van der Waals surface area contributed by atoms with Crippen LogP contribution in [0.2, 0.25) is 0 Å². The van der Waals surface area contributed by atoms with E-state index in [0.29, 0.717) is 37.8 Å². The smallest absolute Gasteiger partial charge is 0.313 e. The van der Waals surface area contributed by atoms with Crippen LogP contribution in [-0.4, -0.2) is 85.0 Å². The van der Waals surface area contributed by atoms with Crippen molar-refractivity contribution in [2.45, 2.75) is 32.6 Å². The maximum atomic E-state index is 11.8. The van der Waals surface area contributed by atoms with E-state index in [1.54, 1.807) is 20.0 Å². The summed E-state index contributed by atoms with van der Waals surface area (Å²) in [6.45, 7) is 13.2. The van der Waals surface area contributed by atoms with E-state index in [9.17, 15) is 9.90 Å². The highest BCUT2D eigenvalue weighted by Crippen LogP contribution is 2.32. The number of carbonyl (C=O) groups is 1. The number of hydrogen-bond acceptors (Lipinski definition) is 7. The Morgan fingerprint density at radius 3 is 2.56 bits per heavy atom. The molecule has 0 spiro atoms. The van der Waals surface area contributed by atoms with Crippen LogP contribution in [0.4, 0.5) is 11.8 Å². The van der Waals surface area contributed by atoms with Gasteiger partial charge in [0, 0.05) is 44.5 Å². The average Bonchev–Trinajstić information content (AvgIpc) is 2.93. The third-order valence-corrected chi connectivity index (χ3v) is 5.59. The number of likely N-dealkylation sites (N-methyl/N-ethyl adjacent to an activating group) is 1. The number of aliphatic carboxylic acids is 1. The first-order chi connectivity index (χ1) is 12.9. The lowest BCUT2D eigenvalue weighted by molar-refractivity contribution is -0.142. The molecule has 2 fully saturated rings. The van der Waals surface area contributed by atoms with Crippen molar-refractivity contribution < 1.29 is 14.6 Å². The summed E-state index contributed by atoms with van der Waals surface area (Å²) in [5.41, 5.74) is -0.394. The first-order valence-corrected chi connectivity index (χ1v) is 9.84. The molecule has 8 heteroatoms. The van der Waals surface area contributed by atoms with Crippen LogP contribution in [0.25, 0.3) is 0 Å². The van der Waals surface area contributed by atoms with Gasteiger partial charge in [0.2, 0.25) is 5.95 Å². The molecule has 0 bridgehead atoms. The van der Waals surface area contributed by atoms with E-state index in [2.05, 4.69) is 26.6 Å². The van der Waals surface area contributed by atoms with Gasteiger partial charge in [-0.2, -0.15) is 4.98 Å². The maximum absolute atomic E-state index is 11.8. The number of hydrogen-bond donors (Lipinski definition) is 1. The third kappa shape index (κ3) is 4.32. The van der Waals surface area contributed by atoms with Gasteiger partial charge in [0.25, 0.3) is 0 Å². The van der Waals surface area contributed by atoms with Crippen LogP contribution < -0.4 is 9.80 Å². The monoisotopic (exact) mass is 377 g/mol. The molecule has 1 aromatic rings. The zero-order valence-electron chi connectivity index (χ0n) is 16.6. The summed E-state index contributed by atoms with van der Waals surface area (Å²) in [6, 6.07) is 0. The fourth-order valence-corrected chi connectivity index (χ4v) is 3.58. The second-order valence-electron chi connectivity index (χ2n) is 7.71. The molecule has 2 aliphatic rings. The van der Waals surface area contributed by atoms with E-state index in [1.807, 2.05) is 0 Å². The highest BCUT2D eigenvalue weighted by Gasteiger charge is 2.35. The number of rotatable bonds is 5. The van der Waals surface area contributed by atoms with Crippen LogP contribution in [0.1, 0.15) is 32.8 Å². The van der Waals surface area contributed by atoms with Crippen molar-refractivity contribution in [3.05, 3.63) is 11.8 Å². The second kappa shape index (κ2) is 8.39. The Labute approximate surface area is 161 Å². The number of aromatic nitrogens is 2. The molecule has 0 atom stereocenters. The zero-order chi connectivity index (χ0) is 19.4. The summed E-state index contributed by atoms with van der Waals surface area (Å²) >= 11 is 0. The van der Waals surface area contributed by atoms with Gasteiger partial charge in [-0.1, -0.05) is 6.92 Å². The van der Waals surface area contributed by atoms with Crippen molar-refractivity contribution in [1.29, 1.82) is 0 Å². The lowest BCUT2D eigenvalue weighted by atomic mass is 9.85. The van der Waals surface area contributed by atoms with Gasteiger partial charge in [-0.25, -0.2) is 4.98 Å². The van der Waals surface area contributed by atoms with Gasteiger partial charge in [-0.05, 0) is 33.4 Å². The van der Waals surface area contributed by atoms with Crippen LogP contribution in [0.5, 0.6) is 0 Å². The Morgan fingerprint density at radius 1 is 1.15 bits per heavy atom. The quantitative estimate of drug-likeness (QED) is 0.820. The van der Waals surface area contributed by atoms with E-state index in [0.717, 1.165) is 45.0 Å². The molecule has 2 aliphatic heterocycles. The van der Waals surface area contributed by atoms with E-state index in [1.165, 1.54) is 0 Å². The summed E-state index contributed by atoms with van der Waals surface area (Å²) in [4.78, 5) is 28.1. The number of anilines is 2. The maximum Gasteiger partial charge on any atom is 0.313 e. The normalized spacial score (nSPS) is 19.8. The molecule has 0 aromatic carbocycles. The average molecular weight is 377 g/mol. The van der Waals surface area contributed by atoms with Crippen LogP contribution in [0.15, 0.2) is 6.20 Å². The first kappa shape index (κ1) is 19.8. The molecule has 8 nitrogen and oxygen atoms in total. The number of carboxylic acid groups (broad SMARTS) is 1. The van der Waals surface area contributed by atoms with Gasteiger partial charge >= 0.3 is 5.97 Å². The second-order valence-corrected chi connectivity index (χ2v) is 7.71. The van der Waals surface area contributed by atoms with Crippen molar-refractivity contribution in [2.75, 3.05) is 68.8 Å². The molecule has 1 aromatic heterocycles. The van der Waals surface area contributed by atoms with Crippen molar-refractivity contribution in [1.82, 2.24) is 14.9 Å². The molecular formula is C19H31N5O3. The predicted molar refractivity (Wildman–Crippen MR) is 105 cm³/mol. The molecule has 3 rings (SSSR count). The van der Waals surface area contributed by atoms with Crippen molar-refractivity contribution in [3.8, 4) is 0 Å². The van der Waals surface area contributed by atoms with Gasteiger partial charge in [0.15, 0.2) is 0 Å². The first-order valence-electron chi connectivity index (χ1n) is 9.84. The Bertz CT molecular complexity index is 661. The van der Waals surface area contributed by atoms with Crippen molar-refractivity contribution >= 4 is 17.7 Å². The molecule has 0 amide bonds. The SMILES string of the molecule is CCN1CCCN(c2ncc(C(C)(C)C(=O)O)c(N3CCOCC3)n2)CC1. The Morgan fingerprint density at radius 2 is 1.89 bits per heavy atom. The minimum atomic E-state index is -1.05. The van der Waals surface area contributed by atoms with Crippen LogP contribution >= 0.6 is 0 Å². The highest BCUT2D eigenvalue weighted by atomic mass is 16.5. The molecule has 0 unspecified atom stereocenters. The largest absolute Gasteiger partial charge is 0.481 e. The number of nitrogens with zero attached hydrogens (tertiary/aromatic N) is 5. The molecule has 0 aliphatic carbocycles. The minimum absolute atomic E-state index is 0.626. The molecule has 3 heterocycles. The van der Waals surface area contributed by atoms with E-state index in [4.69, 9.17) is 9.72 Å². The third-order valence-electron chi connectivity index (χ3n) is 5.59. The Balaban J connectivity index is 1.94. The highest BCUT2D eigenvalue weighted by molar-refractivity contribution is 5.82. The topological polar surface area (TPSA) is 82.0 Å². The van der Waals surface area contributed by atoms with Crippen LogP contribution in [0.3, 0.4) is 0 Å². The van der Waals surface area contributed by atoms with E-state index >= 15 is 0 Å². The fraction of sp³-hybridized carbons (Fsp3) is 0.737. The molecular weight excluding hydrogens is 346 g/mol. The van der Waals surface area contributed by atoms with Gasteiger partial charge in [0.05, 0.1) is 18.6 Å². The lowest BCUT2D eigenvalue weighted by Gasteiger charge is -2.33. The number of carboxylic acids is 1. The van der Waals surface area contributed by atoms with Crippen molar-refractivity contribution in [3.63, 3.8) is 0 Å². The molecule has 1 N–H and O–H groups in total. The summed E-state index contributed by atoms with van der Waals surface area (Å²) in [5.74, 6) is 0.549. The van der Waals surface area contributed by atoms with Gasteiger partial charge in [-0.15, -0.1) is 0 Å². The number of ether oxygens (including phenoxy) is 1. The molecule has 150 valence electrons. The summed E-state index contributed by atoms with van der Waals surface area (Å²) in [5, 5.41) is 9.71. The fourth-order valence-electron chi connectivity index (χ4n) is 3.58. The Kier molecular flexibility index (Phi) is 6.16. The molecule has 0 saturated carbocycles. The summed E-state index contributed by atoms with van der Waals surface area (Å²) < 4.78 is 5.46. The number of morpholine rings is 1. The summed E-state index contributed by atoms with van der Waals surface area (Å²) in [7, 11) is 0. The standard InChI is InChI=1S/C19H31N5O3/c1-4-22-6-5-7-24(9-8-22)18-20-14-15(19(2,3)17(25)26)16(21-18)23-10-12-27-13-11-23/h14H,4-13H2,1-3H3,(H,25,26). The lowest BCUT2D eigenvalue weighted by Crippen LogP contribution is -2.40. The van der Waals surface area contributed by atoms with Crippen LogP contribution in [0, 0.1) is 0 Å². The van der Waals surface area contributed by atoms with Crippen molar-refractivity contribution in [2.24, 2.45) is 0 Å². The summed E-state index contributed by atoms with van der Waals surface area (Å²) in [6.07, 6.45) is 2.79. The molecule has 2 saturated heterocycles.